The van der Waals surface area contributed by atoms with Crippen LogP contribution < -0.4 is 4.90 Å². The SMILES string of the molecule is O=C1CCCCCN1c1cc(C#CCO)ccn1. The van der Waals surface area contributed by atoms with Crippen LogP contribution in [0.1, 0.15) is 31.2 Å². The van der Waals surface area contributed by atoms with Crippen LogP contribution in [-0.4, -0.2) is 29.1 Å². The van der Waals surface area contributed by atoms with E-state index in [1.54, 1.807) is 23.2 Å². The number of hydrogen-bond acceptors (Lipinski definition) is 3. The van der Waals surface area contributed by atoms with E-state index in [1.807, 2.05) is 0 Å². The monoisotopic (exact) mass is 244 g/mol. The molecule has 4 heteroatoms. The molecule has 0 bridgehead atoms. The smallest absolute Gasteiger partial charge is 0.228 e. The van der Waals surface area contributed by atoms with Gasteiger partial charge >= 0.3 is 0 Å². The summed E-state index contributed by atoms with van der Waals surface area (Å²) in [5.74, 6) is 6.21. The Kier molecular flexibility index (Phi) is 4.32. The summed E-state index contributed by atoms with van der Waals surface area (Å²) in [6, 6.07) is 3.57. The molecule has 94 valence electrons. The summed E-state index contributed by atoms with van der Waals surface area (Å²) in [6.07, 6.45) is 5.30. The third-order valence-electron chi connectivity index (χ3n) is 2.91. The van der Waals surface area contributed by atoms with Gasteiger partial charge in [0.05, 0.1) is 0 Å². The van der Waals surface area contributed by atoms with Crippen LogP contribution in [0.5, 0.6) is 0 Å². The summed E-state index contributed by atoms with van der Waals surface area (Å²) in [7, 11) is 0. The van der Waals surface area contributed by atoms with Gasteiger partial charge in [0.15, 0.2) is 0 Å². The maximum Gasteiger partial charge on any atom is 0.228 e. The number of amides is 1. The Morgan fingerprint density at radius 3 is 3.11 bits per heavy atom. The van der Waals surface area contributed by atoms with Gasteiger partial charge in [-0.15, -0.1) is 0 Å². The molecule has 18 heavy (non-hydrogen) atoms. The minimum atomic E-state index is -0.166. The first-order valence-corrected chi connectivity index (χ1v) is 6.17. The molecule has 1 saturated heterocycles. The Morgan fingerprint density at radius 2 is 2.28 bits per heavy atom. The lowest BCUT2D eigenvalue weighted by Gasteiger charge is -2.19. The lowest BCUT2D eigenvalue weighted by atomic mass is 10.2. The second-order valence-corrected chi connectivity index (χ2v) is 4.22. The van der Waals surface area contributed by atoms with Crippen molar-refractivity contribution in [1.29, 1.82) is 0 Å². The molecule has 0 unspecified atom stereocenters. The fourth-order valence-corrected chi connectivity index (χ4v) is 2.01. The fourth-order valence-electron chi connectivity index (χ4n) is 2.01. The molecule has 4 nitrogen and oxygen atoms in total. The summed E-state index contributed by atoms with van der Waals surface area (Å²) in [5.41, 5.74) is 0.770. The molecule has 2 rings (SSSR count). The lowest BCUT2D eigenvalue weighted by molar-refractivity contribution is -0.118. The lowest BCUT2D eigenvalue weighted by Crippen LogP contribution is -2.30. The van der Waals surface area contributed by atoms with Gasteiger partial charge in [-0.3, -0.25) is 9.69 Å². The molecule has 0 saturated carbocycles. The molecule has 1 aliphatic heterocycles. The normalized spacial score (nSPS) is 15.8. The molecule has 1 N–H and O–H groups in total. The number of rotatable bonds is 1. The van der Waals surface area contributed by atoms with E-state index in [4.69, 9.17) is 5.11 Å². The second-order valence-electron chi connectivity index (χ2n) is 4.22. The highest BCUT2D eigenvalue weighted by Gasteiger charge is 2.19. The van der Waals surface area contributed by atoms with Crippen LogP contribution in [0.3, 0.4) is 0 Å². The van der Waals surface area contributed by atoms with Crippen LogP contribution in [0.2, 0.25) is 0 Å². The Balaban J connectivity index is 2.23. The summed E-state index contributed by atoms with van der Waals surface area (Å²) in [4.78, 5) is 17.9. The first kappa shape index (κ1) is 12.6. The van der Waals surface area contributed by atoms with Gasteiger partial charge in [-0.1, -0.05) is 18.3 Å². The molecule has 0 aromatic carbocycles. The number of aromatic nitrogens is 1. The largest absolute Gasteiger partial charge is 0.384 e. The predicted octanol–water partition coefficient (Wildman–Crippen LogP) is 1.33. The van der Waals surface area contributed by atoms with Crippen LogP contribution in [-0.2, 0) is 4.79 Å². The van der Waals surface area contributed by atoms with Crippen molar-refractivity contribution in [3.63, 3.8) is 0 Å². The minimum Gasteiger partial charge on any atom is -0.384 e. The number of pyridine rings is 1. The van der Waals surface area contributed by atoms with E-state index in [0.717, 1.165) is 31.4 Å². The highest BCUT2D eigenvalue weighted by Crippen LogP contribution is 2.18. The molecule has 0 atom stereocenters. The van der Waals surface area contributed by atoms with Gasteiger partial charge in [0.2, 0.25) is 5.91 Å². The zero-order valence-electron chi connectivity index (χ0n) is 10.2. The number of carbonyl (C=O) groups excluding carboxylic acids is 1. The highest BCUT2D eigenvalue weighted by molar-refractivity contribution is 5.92. The Bertz CT molecular complexity index is 488. The molecule has 1 aliphatic rings. The number of carbonyl (C=O) groups is 1. The molecule has 1 fully saturated rings. The third kappa shape index (κ3) is 3.08. The van der Waals surface area contributed by atoms with Gasteiger partial charge in [-0.05, 0) is 25.0 Å². The van der Waals surface area contributed by atoms with Crippen LogP contribution in [0.15, 0.2) is 18.3 Å². The van der Waals surface area contributed by atoms with Crippen molar-refractivity contribution in [1.82, 2.24) is 4.98 Å². The van der Waals surface area contributed by atoms with Crippen LogP contribution in [0.4, 0.5) is 5.82 Å². The van der Waals surface area contributed by atoms with E-state index >= 15 is 0 Å². The molecule has 2 heterocycles. The standard InChI is InChI=1S/C14H16N2O2/c17-10-4-5-12-7-8-15-13(11-12)16-9-3-1-2-6-14(16)18/h7-8,11,17H,1-3,6,9-10H2. The fraction of sp³-hybridized carbons (Fsp3) is 0.429. The van der Waals surface area contributed by atoms with Gasteiger partial charge in [0.25, 0.3) is 0 Å². The predicted molar refractivity (Wildman–Crippen MR) is 69.0 cm³/mol. The Morgan fingerprint density at radius 1 is 1.39 bits per heavy atom. The zero-order valence-corrected chi connectivity index (χ0v) is 10.2. The second kappa shape index (κ2) is 6.18. The molecule has 0 radical (unpaired) electrons. The number of hydrogen-bond donors (Lipinski definition) is 1. The molecular weight excluding hydrogens is 228 g/mol. The summed E-state index contributed by atoms with van der Waals surface area (Å²) < 4.78 is 0. The molecule has 1 aromatic rings. The quantitative estimate of drug-likeness (QED) is 0.758. The van der Waals surface area contributed by atoms with Crippen molar-refractivity contribution in [2.45, 2.75) is 25.7 Å². The van der Waals surface area contributed by atoms with Gasteiger partial charge < -0.3 is 5.11 Å². The first-order chi connectivity index (χ1) is 8.81. The highest BCUT2D eigenvalue weighted by atomic mass is 16.2. The first-order valence-electron chi connectivity index (χ1n) is 6.17. The number of nitrogens with zero attached hydrogens (tertiary/aromatic N) is 2. The number of anilines is 1. The van der Waals surface area contributed by atoms with E-state index in [9.17, 15) is 4.79 Å². The van der Waals surface area contributed by atoms with Gasteiger partial charge in [0, 0.05) is 24.7 Å². The summed E-state index contributed by atoms with van der Waals surface area (Å²) >= 11 is 0. The van der Waals surface area contributed by atoms with E-state index in [0.29, 0.717) is 12.2 Å². The molecule has 1 aromatic heterocycles. The Hall–Kier alpha value is -1.86. The topological polar surface area (TPSA) is 53.4 Å². The maximum absolute atomic E-state index is 11.9. The van der Waals surface area contributed by atoms with Crippen LogP contribution in [0, 0.1) is 11.8 Å². The van der Waals surface area contributed by atoms with Gasteiger partial charge in [0.1, 0.15) is 12.4 Å². The molecule has 1 amide bonds. The molecule has 0 spiro atoms. The van der Waals surface area contributed by atoms with Crippen LogP contribution >= 0.6 is 0 Å². The number of aliphatic hydroxyl groups excluding tert-OH is 1. The zero-order chi connectivity index (χ0) is 12.8. The van der Waals surface area contributed by atoms with Gasteiger partial charge in [-0.2, -0.15) is 0 Å². The van der Waals surface area contributed by atoms with Crippen LogP contribution in [0.25, 0.3) is 0 Å². The van der Waals surface area contributed by atoms with Crippen molar-refractivity contribution in [3.05, 3.63) is 23.9 Å². The average molecular weight is 244 g/mol. The van der Waals surface area contributed by atoms with E-state index in [1.165, 1.54) is 0 Å². The third-order valence-corrected chi connectivity index (χ3v) is 2.91. The average Bonchev–Trinajstić information content (AvgIpc) is 2.61. The summed E-state index contributed by atoms with van der Waals surface area (Å²) in [6.45, 7) is 0.559. The van der Waals surface area contributed by atoms with Crippen molar-refractivity contribution < 1.29 is 9.90 Å². The van der Waals surface area contributed by atoms with Crippen molar-refractivity contribution in [2.75, 3.05) is 18.1 Å². The van der Waals surface area contributed by atoms with E-state index < -0.39 is 0 Å². The van der Waals surface area contributed by atoms with Crippen molar-refractivity contribution in [2.24, 2.45) is 0 Å². The molecule has 0 aliphatic carbocycles. The maximum atomic E-state index is 11.9. The number of aliphatic hydroxyl groups is 1. The van der Waals surface area contributed by atoms with Gasteiger partial charge in [-0.25, -0.2) is 4.98 Å². The summed E-state index contributed by atoms with van der Waals surface area (Å²) in [5, 5.41) is 8.67. The minimum absolute atomic E-state index is 0.132. The van der Waals surface area contributed by atoms with Crippen molar-refractivity contribution >= 4 is 11.7 Å². The van der Waals surface area contributed by atoms with E-state index in [-0.39, 0.29) is 12.5 Å². The van der Waals surface area contributed by atoms with Crippen molar-refractivity contribution in [3.8, 4) is 11.8 Å². The Labute approximate surface area is 107 Å². The molecular formula is C14H16N2O2. The van der Waals surface area contributed by atoms with E-state index in [2.05, 4.69) is 16.8 Å².